The van der Waals surface area contributed by atoms with Gasteiger partial charge >= 0.3 is 0 Å². The molecular weight excluding hydrogens is 1780 g/mol. The fourth-order valence-corrected chi connectivity index (χ4v) is 19.8. The normalized spacial score (nSPS) is 11.3. The molecule has 144 heavy (non-hydrogen) atoms. The number of nitriles is 6. The molecule has 0 aliphatic carbocycles. The fourth-order valence-electron chi connectivity index (χ4n) is 19.8. The molecule has 0 aliphatic heterocycles. The molecule has 0 saturated heterocycles. The van der Waals surface area contributed by atoms with E-state index in [1.165, 1.54) is 0 Å². The Hall–Kier alpha value is -21.3. The van der Waals surface area contributed by atoms with Crippen LogP contribution in [0.1, 0.15) is 33.4 Å². The number of rotatable bonds is 12. The van der Waals surface area contributed by atoms with Gasteiger partial charge in [-0.3, -0.25) is 0 Å². The van der Waals surface area contributed by atoms with Crippen LogP contribution in [0.3, 0.4) is 0 Å². The Bertz CT molecular complexity index is 10100. The summed E-state index contributed by atoms with van der Waals surface area (Å²) in [5.41, 5.74) is 19.1. The summed E-state index contributed by atoms with van der Waals surface area (Å²) in [6, 6.07) is 144. The Morgan fingerprint density at radius 1 is 0.181 bits per heavy atom. The molecule has 27 aromatic rings. The van der Waals surface area contributed by atoms with Crippen LogP contribution in [0.15, 0.2) is 414 Å². The first-order chi connectivity index (χ1) is 71.2. The van der Waals surface area contributed by atoms with Crippen LogP contribution in [-0.4, -0.2) is 58.6 Å². The van der Waals surface area contributed by atoms with Crippen LogP contribution >= 0.6 is 0 Å². The van der Waals surface area contributed by atoms with Crippen molar-refractivity contribution in [3.8, 4) is 156 Å². The summed E-state index contributed by atoms with van der Waals surface area (Å²) < 4.78 is 25.2. The van der Waals surface area contributed by atoms with Gasteiger partial charge in [0.2, 0.25) is 0 Å². The number of para-hydroxylation sites is 6. The number of benzene rings is 18. The van der Waals surface area contributed by atoms with E-state index in [9.17, 15) is 31.6 Å². The molecule has 0 radical (unpaired) electrons. The van der Waals surface area contributed by atoms with E-state index in [1.54, 1.807) is 0 Å². The van der Waals surface area contributed by atoms with Gasteiger partial charge in [-0.15, -0.1) is 0 Å². The summed E-state index contributed by atoms with van der Waals surface area (Å²) in [6.07, 6.45) is 0. The predicted molar refractivity (Wildman–Crippen MR) is 562 cm³/mol. The van der Waals surface area contributed by atoms with E-state index in [-0.39, 0.29) is 33.4 Å². The molecule has 18 aromatic carbocycles. The molecule has 9 heterocycles. The molecule has 21 nitrogen and oxygen atoms in total. The topological polar surface area (TPSA) is 313 Å². The average Bonchev–Trinajstić information content (AvgIpc) is 1.56. The van der Waals surface area contributed by atoms with Gasteiger partial charge in [0, 0.05) is 115 Å². The highest BCUT2D eigenvalue weighted by atomic mass is 16.3. The molecule has 0 atom stereocenters. The van der Waals surface area contributed by atoms with E-state index in [4.69, 9.17) is 58.1 Å². The van der Waals surface area contributed by atoms with Gasteiger partial charge in [0.05, 0.1) is 88.9 Å². The average molecular weight is 1840 g/mol. The molecule has 0 aliphatic rings. The van der Waals surface area contributed by atoms with Crippen molar-refractivity contribution in [1.82, 2.24) is 58.6 Å². The first-order valence-electron chi connectivity index (χ1n) is 46.2. The van der Waals surface area contributed by atoms with Crippen molar-refractivity contribution in [2.24, 2.45) is 0 Å². The Morgan fingerprint density at radius 2 is 0.465 bits per heavy atom. The van der Waals surface area contributed by atoms with Crippen molar-refractivity contribution in [3.05, 3.63) is 434 Å². The monoisotopic (exact) mass is 1840 g/mol. The van der Waals surface area contributed by atoms with Gasteiger partial charge in [0.1, 0.15) is 64.3 Å². The van der Waals surface area contributed by atoms with Gasteiger partial charge in [-0.05, 0) is 97.1 Å². The highest BCUT2D eigenvalue weighted by molar-refractivity contribution is 6.26. The van der Waals surface area contributed by atoms with Gasteiger partial charge in [0.25, 0.3) is 0 Å². The molecule has 666 valence electrons. The maximum atomic E-state index is 10.8. The summed E-state index contributed by atoms with van der Waals surface area (Å²) in [6.45, 7) is 0. The predicted octanol–water partition coefficient (Wildman–Crippen LogP) is 28.8. The third-order valence-electron chi connectivity index (χ3n) is 26.3. The molecular formula is C123H66N18O3. The third kappa shape index (κ3) is 14.1. The van der Waals surface area contributed by atoms with Crippen LogP contribution in [-0.2, 0) is 0 Å². The molecule has 21 heteroatoms. The zero-order chi connectivity index (χ0) is 96.6. The van der Waals surface area contributed by atoms with Crippen LogP contribution in [0.2, 0.25) is 0 Å². The molecule has 0 saturated carbocycles. The van der Waals surface area contributed by atoms with E-state index in [0.717, 1.165) is 159 Å². The molecule has 27 rings (SSSR count). The van der Waals surface area contributed by atoms with E-state index in [2.05, 4.69) is 89.5 Å². The quantitative estimate of drug-likeness (QED) is 0.110. The number of fused-ring (bicyclic) bond motifs is 20. The Morgan fingerprint density at radius 3 is 0.861 bits per heavy atom. The van der Waals surface area contributed by atoms with Crippen molar-refractivity contribution in [2.45, 2.75) is 0 Å². The van der Waals surface area contributed by atoms with Crippen LogP contribution in [0.5, 0.6) is 0 Å². The summed E-state index contributed by atoms with van der Waals surface area (Å²) in [5.74, 6) is 3.78. The molecule has 0 bridgehead atoms. The molecule has 0 amide bonds. The second kappa shape index (κ2) is 35.1. The second-order valence-electron chi connectivity index (χ2n) is 34.3. The minimum Gasteiger partial charge on any atom is -0.456 e. The first kappa shape index (κ1) is 84.5. The highest BCUT2D eigenvalue weighted by Gasteiger charge is 2.31. The number of nitrogens with zero attached hydrogens (tertiary/aromatic N) is 18. The van der Waals surface area contributed by atoms with Gasteiger partial charge in [-0.1, -0.05) is 297 Å². The van der Waals surface area contributed by atoms with Crippen molar-refractivity contribution < 1.29 is 13.3 Å². The Labute approximate surface area is 819 Å². The van der Waals surface area contributed by atoms with E-state index in [1.807, 2.05) is 361 Å². The molecule has 0 fully saturated rings. The minimum atomic E-state index is 0.182. The molecule has 0 N–H and O–H groups in total. The van der Waals surface area contributed by atoms with E-state index < -0.39 is 0 Å². The zero-order valence-corrected chi connectivity index (χ0v) is 75.9. The Kier molecular flexibility index (Phi) is 20.6. The fraction of sp³-hybridized carbons (Fsp3) is 0. The summed E-state index contributed by atoms with van der Waals surface area (Å²) in [5, 5.41) is 76.3. The SMILES string of the molecule is N#Cc1c(-c2nc(-c3ccccc3)nc(-c3ccccc3)n2)ccc(-n2c3ccccc3c3cc4c(cc32)oc2ccccc24)c1C#N.N#Cc1c(-c2nc(-c3ccccc3)nc(-c3ccccc3)n2)ccc(-n2c3ccccc3c3ccc4c5ccccc5oc4c32)c1C#N.N#Cc1c(-c2nc(-c3ccccc3)nc(-c3ccccc3)n2)ccc(-n2c3ccccc3c3ccc4oc5ccccc5c4c32)c1C#N. The van der Waals surface area contributed by atoms with Crippen LogP contribution in [0.25, 0.3) is 251 Å². The number of hydrogen-bond acceptors (Lipinski definition) is 18. The van der Waals surface area contributed by atoms with Crippen molar-refractivity contribution in [3.63, 3.8) is 0 Å². The number of aromatic nitrogens is 12. The molecule has 9 aromatic heterocycles. The molecule has 0 spiro atoms. The van der Waals surface area contributed by atoms with Crippen molar-refractivity contribution in [2.75, 3.05) is 0 Å². The Balaban J connectivity index is 0.000000113. The van der Waals surface area contributed by atoms with Crippen LogP contribution in [0, 0.1) is 68.0 Å². The maximum Gasteiger partial charge on any atom is 0.165 e. The highest BCUT2D eigenvalue weighted by Crippen LogP contribution is 2.48. The lowest BCUT2D eigenvalue weighted by Gasteiger charge is -2.14. The molecule has 0 unspecified atom stereocenters. The van der Waals surface area contributed by atoms with Gasteiger partial charge < -0.3 is 27.0 Å². The van der Waals surface area contributed by atoms with Gasteiger partial charge in [-0.2, -0.15) is 31.6 Å². The van der Waals surface area contributed by atoms with Gasteiger partial charge in [0.15, 0.2) is 58.0 Å². The number of furan rings is 3. The summed E-state index contributed by atoms with van der Waals surface area (Å²) >= 11 is 0. The zero-order valence-electron chi connectivity index (χ0n) is 75.9. The lowest BCUT2D eigenvalue weighted by atomic mass is 9.99. The largest absolute Gasteiger partial charge is 0.456 e. The van der Waals surface area contributed by atoms with Crippen molar-refractivity contribution in [1.29, 1.82) is 31.6 Å². The summed E-state index contributed by atoms with van der Waals surface area (Å²) in [7, 11) is 0. The van der Waals surface area contributed by atoms with E-state index >= 15 is 0 Å². The van der Waals surface area contributed by atoms with Crippen LogP contribution < -0.4 is 0 Å². The minimum absolute atomic E-state index is 0.182. The van der Waals surface area contributed by atoms with Crippen molar-refractivity contribution >= 4 is 131 Å². The second-order valence-corrected chi connectivity index (χ2v) is 34.3. The maximum absolute atomic E-state index is 10.8. The first-order valence-corrected chi connectivity index (χ1v) is 46.2. The van der Waals surface area contributed by atoms with Crippen LogP contribution in [0.4, 0.5) is 0 Å². The number of hydrogen-bond donors (Lipinski definition) is 0. The smallest absolute Gasteiger partial charge is 0.165 e. The lowest BCUT2D eigenvalue weighted by molar-refractivity contribution is 0.669. The third-order valence-corrected chi connectivity index (χ3v) is 26.3. The van der Waals surface area contributed by atoms with Gasteiger partial charge in [-0.25, -0.2) is 44.9 Å². The lowest BCUT2D eigenvalue weighted by Crippen LogP contribution is -2.05. The summed E-state index contributed by atoms with van der Waals surface area (Å²) in [4.78, 5) is 43.4. The van der Waals surface area contributed by atoms with E-state index in [0.29, 0.717) is 91.8 Å². The standard InChI is InChI=1S/3C41H22N6O/c42-23-31-29(41-45-39(25-11-3-1-4-12-25)44-40(46-41)26-13-5-2-6-14-26)19-21-34(32(31)24-43)47-33-17-9-7-15-27(33)28-20-22-36-37(38(28)47)30-16-8-10-18-35(30)48-36;42-23-32-29(41-45-39(25-11-3-1-4-12-25)44-40(46-41)26-13-5-2-6-14-26)19-20-35(33(32)24-43)47-34-17-9-7-15-27(34)30-21-31-28-16-8-10-18-37(28)48-38(31)22-36(30)47;42-23-32-31(41-45-39(25-11-3-1-4-12-25)44-40(46-41)26-13-5-2-6-14-26)21-22-35(33(32)24-43)47-34-17-9-7-15-27(34)29-19-20-30-28-16-8-10-18-36(28)48-38(30)37(29)47/h3*1-22H.